The summed E-state index contributed by atoms with van der Waals surface area (Å²) in [5.74, 6) is -0.364. The van der Waals surface area contributed by atoms with Crippen LogP contribution in [0.25, 0.3) is 5.57 Å². The number of allylic oxidation sites excluding steroid dienone is 1. The smallest absolute Gasteiger partial charge is 0.150 e. The molecule has 0 saturated heterocycles. The van der Waals surface area contributed by atoms with Crippen LogP contribution >= 0.6 is 27.5 Å². The Morgan fingerprint density at radius 2 is 2.17 bits per heavy atom. The molecule has 0 aliphatic heterocycles. The van der Waals surface area contributed by atoms with E-state index in [4.69, 9.17) is 11.6 Å². The highest BCUT2D eigenvalue weighted by atomic mass is 79.9. The molecule has 18 heavy (non-hydrogen) atoms. The van der Waals surface area contributed by atoms with Gasteiger partial charge in [0.1, 0.15) is 5.82 Å². The van der Waals surface area contributed by atoms with E-state index in [1.54, 1.807) is 12.1 Å². The molecule has 0 aliphatic carbocycles. The first-order valence-electron chi connectivity index (χ1n) is 5.97. The Balaban J connectivity index is 2.75. The number of benzene rings is 1. The highest BCUT2D eigenvalue weighted by Crippen LogP contribution is 2.30. The second kappa shape index (κ2) is 7.27. The van der Waals surface area contributed by atoms with E-state index >= 15 is 0 Å². The lowest BCUT2D eigenvalue weighted by atomic mass is 10.1. The van der Waals surface area contributed by atoms with Crippen LogP contribution in [0.15, 0.2) is 22.7 Å². The molecule has 0 atom stereocenters. The van der Waals surface area contributed by atoms with Crippen molar-refractivity contribution >= 4 is 33.1 Å². The van der Waals surface area contributed by atoms with Gasteiger partial charge in [-0.25, -0.2) is 4.39 Å². The van der Waals surface area contributed by atoms with Gasteiger partial charge in [-0.05, 0) is 47.5 Å². The van der Waals surface area contributed by atoms with Gasteiger partial charge in [-0.3, -0.25) is 0 Å². The van der Waals surface area contributed by atoms with Crippen LogP contribution in [0.1, 0.15) is 32.8 Å². The summed E-state index contributed by atoms with van der Waals surface area (Å²) in [6, 6.07) is 3.98. The van der Waals surface area contributed by atoms with Crippen LogP contribution in [0.2, 0.25) is 5.02 Å². The van der Waals surface area contributed by atoms with Crippen molar-refractivity contribution in [3.05, 3.63) is 39.1 Å². The third-order valence-electron chi connectivity index (χ3n) is 2.61. The molecular formula is C14H18BrClFN. The lowest BCUT2D eigenvalue weighted by Gasteiger charge is -2.08. The minimum Gasteiger partial charge on any atom is -0.314 e. The van der Waals surface area contributed by atoms with E-state index in [-0.39, 0.29) is 10.8 Å². The topological polar surface area (TPSA) is 12.0 Å². The summed E-state index contributed by atoms with van der Waals surface area (Å²) in [4.78, 5) is 0. The summed E-state index contributed by atoms with van der Waals surface area (Å²) in [6.07, 6.45) is 2.90. The summed E-state index contributed by atoms with van der Waals surface area (Å²) >= 11 is 9.08. The number of nitrogens with one attached hydrogen (secondary N) is 1. The van der Waals surface area contributed by atoms with Gasteiger partial charge in [0.2, 0.25) is 0 Å². The predicted octanol–water partition coefficient (Wildman–Crippen LogP) is 5.03. The van der Waals surface area contributed by atoms with E-state index in [1.807, 2.05) is 13.0 Å². The predicted molar refractivity (Wildman–Crippen MR) is 80.5 cm³/mol. The first-order valence-corrected chi connectivity index (χ1v) is 7.14. The van der Waals surface area contributed by atoms with E-state index in [2.05, 4.69) is 35.1 Å². The Hall–Kier alpha value is -0.380. The molecule has 0 fully saturated rings. The van der Waals surface area contributed by atoms with Gasteiger partial charge < -0.3 is 5.32 Å². The van der Waals surface area contributed by atoms with Crippen molar-refractivity contribution in [2.24, 2.45) is 0 Å². The number of halogens is 3. The molecule has 1 rings (SSSR count). The second-order valence-electron chi connectivity index (χ2n) is 4.51. The van der Waals surface area contributed by atoms with Gasteiger partial charge >= 0.3 is 0 Å². The molecule has 0 unspecified atom stereocenters. The van der Waals surface area contributed by atoms with Crippen molar-refractivity contribution in [2.45, 2.75) is 33.2 Å². The van der Waals surface area contributed by atoms with Crippen LogP contribution in [0.5, 0.6) is 0 Å². The van der Waals surface area contributed by atoms with Crippen LogP contribution in [0.3, 0.4) is 0 Å². The Morgan fingerprint density at radius 3 is 2.78 bits per heavy atom. The monoisotopic (exact) mass is 333 g/mol. The molecule has 0 amide bonds. The third-order valence-corrected chi connectivity index (χ3v) is 3.87. The summed E-state index contributed by atoms with van der Waals surface area (Å²) in [5, 5.41) is 3.45. The molecule has 1 aromatic carbocycles. The average Bonchev–Trinajstić information content (AvgIpc) is 2.31. The number of rotatable bonds is 5. The zero-order valence-electron chi connectivity index (χ0n) is 10.9. The van der Waals surface area contributed by atoms with Crippen LogP contribution in [0, 0.1) is 5.82 Å². The van der Waals surface area contributed by atoms with Gasteiger partial charge in [-0.15, -0.1) is 0 Å². The van der Waals surface area contributed by atoms with Gasteiger partial charge in [0.15, 0.2) is 0 Å². The molecule has 0 spiro atoms. The Morgan fingerprint density at radius 1 is 1.50 bits per heavy atom. The Bertz CT molecular complexity index is 444. The normalized spacial score (nSPS) is 12.3. The molecular weight excluding hydrogens is 317 g/mol. The van der Waals surface area contributed by atoms with E-state index < -0.39 is 0 Å². The lowest BCUT2D eigenvalue weighted by molar-refractivity contribution is 0.594. The maximum absolute atomic E-state index is 13.9. The molecule has 0 radical (unpaired) electrons. The van der Waals surface area contributed by atoms with E-state index in [1.165, 1.54) is 0 Å². The van der Waals surface area contributed by atoms with E-state index in [0.717, 1.165) is 18.5 Å². The molecule has 1 nitrogen and oxygen atoms in total. The lowest BCUT2D eigenvalue weighted by Crippen LogP contribution is -2.23. The van der Waals surface area contributed by atoms with Crippen molar-refractivity contribution < 1.29 is 4.39 Å². The van der Waals surface area contributed by atoms with Crippen molar-refractivity contribution in [1.82, 2.24) is 5.32 Å². The minimum atomic E-state index is -0.364. The second-order valence-corrected chi connectivity index (χ2v) is 5.74. The Kier molecular flexibility index (Phi) is 6.33. The summed E-state index contributed by atoms with van der Waals surface area (Å²) in [7, 11) is 0. The fraction of sp³-hybridized carbons (Fsp3) is 0.429. The third kappa shape index (κ3) is 4.38. The maximum Gasteiger partial charge on any atom is 0.150 e. The number of hydrogen-bond acceptors (Lipinski definition) is 1. The molecule has 0 bridgehead atoms. The first kappa shape index (κ1) is 15.7. The largest absolute Gasteiger partial charge is 0.314 e. The minimum absolute atomic E-state index is 0.139. The Labute approximate surface area is 122 Å². The quantitative estimate of drug-likeness (QED) is 0.588. The molecule has 1 aromatic rings. The zero-order chi connectivity index (χ0) is 13.7. The first-order chi connectivity index (χ1) is 8.43. The highest BCUT2D eigenvalue weighted by Gasteiger charge is 2.10. The zero-order valence-corrected chi connectivity index (χ0v) is 13.2. The average molecular weight is 335 g/mol. The fourth-order valence-electron chi connectivity index (χ4n) is 1.60. The summed E-state index contributed by atoms with van der Waals surface area (Å²) in [5.41, 5.74) is 1.47. The van der Waals surface area contributed by atoms with Gasteiger partial charge in [-0.1, -0.05) is 37.6 Å². The molecule has 1 N–H and O–H groups in total. The molecule has 100 valence electrons. The molecule has 0 aromatic heterocycles. The van der Waals surface area contributed by atoms with E-state index in [9.17, 15) is 4.39 Å². The SMILES string of the molecule is C/C(=C/CCNC(C)C)c1ccc(Br)c(Cl)c1F. The van der Waals surface area contributed by atoms with Crippen molar-refractivity contribution in [2.75, 3.05) is 6.54 Å². The van der Waals surface area contributed by atoms with Gasteiger partial charge in [0, 0.05) is 16.1 Å². The fourth-order valence-corrected chi connectivity index (χ4v) is 2.07. The van der Waals surface area contributed by atoms with Crippen LogP contribution < -0.4 is 5.32 Å². The summed E-state index contributed by atoms with van der Waals surface area (Å²) in [6.45, 7) is 6.99. The van der Waals surface area contributed by atoms with Gasteiger partial charge in [0.25, 0.3) is 0 Å². The highest BCUT2D eigenvalue weighted by molar-refractivity contribution is 9.10. The van der Waals surface area contributed by atoms with Crippen molar-refractivity contribution in [3.63, 3.8) is 0 Å². The van der Waals surface area contributed by atoms with Crippen LogP contribution in [0.4, 0.5) is 4.39 Å². The molecule has 4 heteroatoms. The van der Waals surface area contributed by atoms with Gasteiger partial charge in [0.05, 0.1) is 5.02 Å². The van der Waals surface area contributed by atoms with Crippen LogP contribution in [-0.2, 0) is 0 Å². The standard InChI is InChI=1S/C14H18BrClFN/c1-9(2)18-8-4-5-10(3)11-6-7-12(15)13(16)14(11)17/h5-7,9,18H,4,8H2,1-3H3/b10-5-. The molecule has 0 aliphatic rings. The molecule has 0 saturated carbocycles. The summed E-state index contributed by atoms with van der Waals surface area (Å²) < 4.78 is 14.5. The number of hydrogen-bond donors (Lipinski definition) is 1. The maximum atomic E-state index is 13.9. The van der Waals surface area contributed by atoms with E-state index in [0.29, 0.717) is 16.1 Å². The molecule has 0 heterocycles. The van der Waals surface area contributed by atoms with Crippen molar-refractivity contribution in [3.8, 4) is 0 Å². The van der Waals surface area contributed by atoms with Gasteiger partial charge in [-0.2, -0.15) is 0 Å². The van der Waals surface area contributed by atoms with Crippen LogP contribution in [-0.4, -0.2) is 12.6 Å². The van der Waals surface area contributed by atoms with Crippen molar-refractivity contribution in [1.29, 1.82) is 0 Å².